The SMILES string of the molecule is COC(=O)CNC(=O)C(N)CCCCN=C(N)N. The molecule has 1 atom stereocenters. The quantitative estimate of drug-likeness (QED) is 0.172. The molecule has 0 radical (unpaired) electrons. The first-order valence-electron chi connectivity index (χ1n) is 5.63. The van der Waals surface area contributed by atoms with Gasteiger partial charge in [-0.2, -0.15) is 0 Å². The lowest BCUT2D eigenvalue weighted by Crippen LogP contribution is -2.42. The zero-order valence-electron chi connectivity index (χ0n) is 10.5. The molecular weight excluding hydrogens is 238 g/mol. The molecule has 7 N–H and O–H groups in total. The van der Waals surface area contributed by atoms with E-state index in [1.807, 2.05) is 0 Å². The van der Waals surface area contributed by atoms with E-state index in [2.05, 4.69) is 15.0 Å². The van der Waals surface area contributed by atoms with E-state index >= 15 is 0 Å². The monoisotopic (exact) mass is 259 g/mol. The van der Waals surface area contributed by atoms with Crippen molar-refractivity contribution in [2.24, 2.45) is 22.2 Å². The van der Waals surface area contributed by atoms with E-state index in [9.17, 15) is 9.59 Å². The highest BCUT2D eigenvalue weighted by Crippen LogP contribution is 1.99. The van der Waals surface area contributed by atoms with E-state index in [0.717, 1.165) is 12.8 Å². The van der Waals surface area contributed by atoms with Crippen molar-refractivity contribution in [3.05, 3.63) is 0 Å². The largest absolute Gasteiger partial charge is 0.468 e. The molecular formula is C10H21N5O3. The number of amides is 1. The first-order valence-corrected chi connectivity index (χ1v) is 5.63. The summed E-state index contributed by atoms with van der Waals surface area (Å²) in [6.07, 6.45) is 1.98. The summed E-state index contributed by atoms with van der Waals surface area (Å²) in [6.45, 7) is 0.343. The van der Waals surface area contributed by atoms with Gasteiger partial charge in [-0.15, -0.1) is 0 Å². The Kier molecular flexibility index (Phi) is 8.29. The van der Waals surface area contributed by atoms with Gasteiger partial charge in [0.05, 0.1) is 13.2 Å². The van der Waals surface area contributed by atoms with Crippen LogP contribution in [0.1, 0.15) is 19.3 Å². The van der Waals surface area contributed by atoms with Crippen LogP contribution >= 0.6 is 0 Å². The van der Waals surface area contributed by atoms with Gasteiger partial charge in [-0.3, -0.25) is 14.6 Å². The molecule has 8 heteroatoms. The Balaban J connectivity index is 3.68. The molecule has 0 aromatic heterocycles. The van der Waals surface area contributed by atoms with Crippen LogP contribution in [0.4, 0.5) is 0 Å². The van der Waals surface area contributed by atoms with Crippen LogP contribution in [0.2, 0.25) is 0 Å². The second kappa shape index (κ2) is 9.23. The fourth-order valence-corrected chi connectivity index (χ4v) is 1.18. The zero-order chi connectivity index (χ0) is 14.0. The number of methoxy groups -OCH3 is 1. The van der Waals surface area contributed by atoms with Gasteiger partial charge in [0.1, 0.15) is 6.54 Å². The van der Waals surface area contributed by atoms with Crippen LogP contribution in [0, 0.1) is 0 Å². The van der Waals surface area contributed by atoms with Crippen molar-refractivity contribution >= 4 is 17.8 Å². The standard InChI is InChI=1S/C10H21N5O3/c1-18-8(16)6-15-9(17)7(11)4-2-3-5-14-10(12)13/h7H,2-6,11H2,1H3,(H,15,17)(H4,12,13,14). The molecule has 0 saturated heterocycles. The lowest BCUT2D eigenvalue weighted by atomic mass is 10.1. The molecule has 0 spiro atoms. The highest BCUT2D eigenvalue weighted by Gasteiger charge is 2.13. The van der Waals surface area contributed by atoms with Crippen molar-refractivity contribution in [2.75, 3.05) is 20.2 Å². The molecule has 8 nitrogen and oxygen atoms in total. The van der Waals surface area contributed by atoms with Crippen LogP contribution in [0.3, 0.4) is 0 Å². The van der Waals surface area contributed by atoms with E-state index in [0.29, 0.717) is 13.0 Å². The average molecular weight is 259 g/mol. The summed E-state index contributed by atoms with van der Waals surface area (Å²) in [5.41, 5.74) is 16.0. The molecule has 0 rings (SSSR count). The number of nitrogens with one attached hydrogen (secondary N) is 1. The van der Waals surface area contributed by atoms with Crippen molar-refractivity contribution in [1.29, 1.82) is 0 Å². The normalized spacial score (nSPS) is 11.4. The summed E-state index contributed by atoms with van der Waals surface area (Å²) in [4.78, 5) is 26.0. The maximum Gasteiger partial charge on any atom is 0.325 e. The summed E-state index contributed by atoms with van der Waals surface area (Å²) in [6, 6.07) is -0.645. The second-order valence-electron chi connectivity index (χ2n) is 3.70. The van der Waals surface area contributed by atoms with Gasteiger partial charge in [-0.25, -0.2) is 0 Å². The predicted octanol–water partition coefficient (Wildman–Crippen LogP) is -1.95. The molecule has 0 aromatic rings. The Morgan fingerprint density at radius 2 is 2.00 bits per heavy atom. The zero-order valence-corrected chi connectivity index (χ0v) is 10.5. The minimum atomic E-state index is -0.645. The molecule has 104 valence electrons. The van der Waals surface area contributed by atoms with E-state index in [1.54, 1.807) is 0 Å². The van der Waals surface area contributed by atoms with E-state index in [4.69, 9.17) is 17.2 Å². The second-order valence-corrected chi connectivity index (χ2v) is 3.70. The van der Waals surface area contributed by atoms with Gasteiger partial charge in [0, 0.05) is 6.54 Å². The van der Waals surface area contributed by atoms with Crippen molar-refractivity contribution in [2.45, 2.75) is 25.3 Å². The number of guanidine groups is 1. The van der Waals surface area contributed by atoms with Crippen molar-refractivity contribution in [3.63, 3.8) is 0 Å². The molecule has 0 aliphatic heterocycles. The lowest BCUT2D eigenvalue weighted by molar-refractivity contribution is -0.141. The van der Waals surface area contributed by atoms with Crippen molar-refractivity contribution in [1.82, 2.24) is 5.32 Å². The fourth-order valence-electron chi connectivity index (χ4n) is 1.18. The Labute approximate surface area is 106 Å². The molecule has 0 heterocycles. The summed E-state index contributed by atoms with van der Waals surface area (Å²) in [5, 5.41) is 2.39. The number of ether oxygens (including phenoxy) is 1. The number of carbonyl (C=O) groups excluding carboxylic acids is 2. The maximum atomic E-state index is 11.4. The maximum absolute atomic E-state index is 11.4. The molecule has 0 bridgehead atoms. The number of carbonyl (C=O) groups is 2. The summed E-state index contributed by atoms with van der Waals surface area (Å²) >= 11 is 0. The fraction of sp³-hybridized carbons (Fsp3) is 0.700. The number of nitrogens with two attached hydrogens (primary N) is 3. The Morgan fingerprint density at radius 3 is 2.56 bits per heavy atom. The number of rotatable bonds is 8. The van der Waals surface area contributed by atoms with Crippen LogP contribution in [-0.4, -0.2) is 44.1 Å². The third-order valence-electron chi connectivity index (χ3n) is 2.19. The first-order chi connectivity index (χ1) is 8.47. The van der Waals surface area contributed by atoms with E-state index in [1.165, 1.54) is 7.11 Å². The summed E-state index contributed by atoms with van der Waals surface area (Å²) < 4.78 is 4.38. The number of hydrogen-bond donors (Lipinski definition) is 4. The molecule has 0 aromatic carbocycles. The van der Waals surface area contributed by atoms with Crippen LogP contribution in [-0.2, 0) is 14.3 Å². The van der Waals surface area contributed by atoms with Crippen molar-refractivity contribution < 1.29 is 14.3 Å². The molecule has 1 amide bonds. The highest BCUT2D eigenvalue weighted by molar-refractivity contribution is 5.85. The topological polar surface area (TPSA) is 146 Å². The average Bonchev–Trinajstić information content (AvgIpc) is 2.34. The van der Waals surface area contributed by atoms with Gasteiger partial charge in [-0.1, -0.05) is 0 Å². The molecule has 0 aliphatic carbocycles. The summed E-state index contributed by atoms with van der Waals surface area (Å²) in [5.74, 6) is -0.833. The van der Waals surface area contributed by atoms with Gasteiger partial charge >= 0.3 is 5.97 Å². The predicted molar refractivity (Wildman–Crippen MR) is 67.5 cm³/mol. The Morgan fingerprint density at radius 1 is 1.33 bits per heavy atom. The Bertz CT molecular complexity index is 302. The number of esters is 1. The minimum absolute atomic E-state index is 0.0510. The minimum Gasteiger partial charge on any atom is -0.468 e. The molecule has 0 aliphatic rings. The number of hydrogen-bond acceptors (Lipinski definition) is 5. The molecule has 0 fully saturated rings. The first kappa shape index (κ1) is 16.2. The van der Waals surface area contributed by atoms with Gasteiger partial charge in [0.25, 0.3) is 0 Å². The molecule has 1 unspecified atom stereocenters. The Hall–Kier alpha value is -1.83. The molecule has 0 saturated carbocycles. The third kappa shape index (κ3) is 8.34. The van der Waals surface area contributed by atoms with E-state index < -0.39 is 12.0 Å². The van der Waals surface area contributed by atoms with E-state index in [-0.39, 0.29) is 18.4 Å². The number of unbranched alkanes of at least 4 members (excludes halogenated alkanes) is 1. The van der Waals surface area contributed by atoms with Gasteiger partial charge in [-0.05, 0) is 19.3 Å². The van der Waals surface area contributed by atoms with Crippen LogP contribution < -0.4 is 22.5 Å². The summed E-state index contributed by atoms with van der Waals surface area (Å²) in [7, 11) is 1.25. The van der Waals surface area contributed by atoms with Gasteiger partial charge < -0.3 is 27.3 Å². The van der Waals surface area contributed by atoms with Gasteiger partial charge in [0.15, 0.2) is 5.96 Å². The number of aliphatic imine (C=N–C) groups is 1. The molecule has 18 heavy (non-hydrogen) atoms. The van der Waals surface area contributed by atoms with Gasteiger partial charge in [0.2, 0.25) is 5.91 Å². The third-order valence-corrected chi connectivity index (χ3v) is 2.19. The van der Waals surface area contributed by atoms with Crippen LogP contribution in [0.15, 0.2) is 4.99 Å². The lowest BCUT2D eigenvalue weighted by Gasteiger charge is -2.10. The van der Waals surface area contributed by atoms with Crippen molar-refractivity contribution in [3.8, 4) is 0 Å². The van der Waals surface area contributed by atoms with Crippen LogP contribution in [0.25, 0.3) is 0 Å². The smallest absolute Gasteiger partial charge is 0.325 e. The van der Waals surface area contributed by atoms with Crippen LogP contribution in [0.5, 0.6) is 0 Å². The highest BCUT2D eigenvalue weighted by atomic mass is 16.5. The number of nitrogens with zero attached hydrogens (tertiary/aromatic N) is 1.